The number of hydrogen-bond donors (Lipinski definition) is 2. The van der Waals surface area contributed by atoms with Gasteiger partial charge in [-0.25, -0.2) is 8.42 Å². The van der Waals surface area contributed by atoms with E-state index in [1.807, 2.05) is 12.1 Å². The largest absolute Gasteiger partial charge is 1.00 e. The maximum Gasteiger partial charge on any atom is 1.00 e. The Hall–Kier alpha value is -1.93. The Bertz CT molecular complexity index is 1400. The van der Waals surface area contributed by atoms with Crippen molar-refractivity contribution in [3.63, 3.8) is 0 Å². The topological polar surface area (TPSA) is 149 Å². The number of ether oxygens (including phenoxy) is 1. The Morgan fingerprint density at radius 1 is 0.932 bits per heavy atom. The van der Waals surface area contributed by atoms with Crippen LogP contribution in [0.1, 0.15) is 87.4 Å². The van der Waals surface area contributed by atoms with Crippen molar-refractivity contribution < 1.29 is 88.8 Å². The van der Waals surface area contributed by atoms with Crippen molar-refractivity contribution >= 4 is 38.6 Å². The van der Waals surface area contributed by atoms with E-state index in [1.54, 1.807) is 30.3 Å². The predicted octanol–water partition coefficient (Wildman–Crippen LogP) is 2.94. The molecule has 0 fully saturated rings. The van der Waals surface area contributed by atoms with Gasteiger partial charge in [-0.2, -0.15) is 0 Å². The third kappa shape index (κ3) is 14.4. The van der Waals surface area contributed by atoms with Gasteiger partial charge in [-0.1, -0.05) is 40.0 Å². The van der Waals surface area contributed by atoms with Crippen LogP contribution in [0.3, 0.4) is 0 Å². The first kappa shape index (κ1) is 40.1. The number of fused-ring (bicyclic) bond motifs is 1. The number of furan rings is 1. The van der Waals surface area contributed by atoms with Crippen molar-refractivity contribution in [2.75, 3.05) is 37.2 Å². The van der Waals surface area contributed by atoms with Gasteiger partial charge in [-0.3, -0.25) is 9.52 Å². The summed E-state index contributed by atoms with van der Waals surface area (Å²) in [5.41, 5.74) is 1.99. The Balaban J connectivity index is 0.00000182. The summed E-state index contributed by atoms with van der Waals surface area (Å²) >= 11 is 0. The van der Waals surface area contributed by atoms with Crippen LogP contribution < -0.4 is 66.0 Å². The van der Waals surface area contributed by atoms with Crippen molar-refractivity contribution in [2.24, 2.45) is 0 Å². The first-order chi connectivity index (χ1) is 20.5. The van der Waals surface area contributed by atoms with E-state index in [0.717, 1.165) is 50.9 Å². The molecule has 0 saturated heterocycles. The van der Waals surface area contributed by atoms with E-state index in [1.165, 1.54) is 25.7 Å². The van der Waals surface area contributed by atoms with E-state index in [-0.39, 0.29) is 57.2 Å². The minimum Gasteiger partial charge on any atom is -0.565 e. The van der Waals surface area contributed by atoms with Crippen LogP contribution in [0.25, 0.3) is 11.0 Å². The molecule has 0 bridgehead atoms. The second-order valence-electron chi connectivity index (χ2n) is 10.5. The number of carboxylic acid groups (broad SMARTS) is 2. The zero-order valence-electron chi connectivity index (χ0n) is 26.7. The molecule has 1 heterocycles. The monoisotopic (exact) mass is 656 g/mol. The van der Waals surface area contributed by atoms with E-state index >= 15 is 0 Å². The number of aryl methyl sites for hydroxylation is 1. The molecule has 1 aromatic heterocycles. The quantitative estimate of drug-likeness (QED) is 0.120. The van der Waals surface area contributed by atoms with Crippen molar-refractivity contribution in [3.8, 4) is 5.75 Å². The molecule has 3 rings (SSSR count). The molecule has 0 spiro atoms. The Morgan fingerprint density at radius 2 is 1.50 bits per heavy atom. The first-order valence-electron chi connectivity index (χ1n) is 14.9. The number of hydrogen-bond acceptors (Lipinski definition) is 8. The molecule has 0 aliphatic rings. The molecule has 238 valence electrons. The standard InChI is InChI=1S/C31H44N2O5S.CH2O3.K/c1-5-8-12-29-30(27-23-25(32-39(4,35)36)15-18-28(27)38-29)31(34)24-13-16-26(17-14-24)37-22-11-21-33(19-9-6-2)20-10-7-3;2-1(3)4;/h13-18,23,32H,5-12,19-22H2,1-4H3;(H2,2,3,4);/q;;+1/p-1. The summed E-state index contributed by atoms with van der Waals surface area (Å²) in [6, 6.07) is 12.3. The number of carbonyl (C=O) groups excluding carboxylic acids is 1. The third-order valence-corrected chi connectivity index (χ3v) is 7.31. The summed E-state index contributed by atoms with van der Waals surface area (Å²) in [5.74, 6) is 1.22. The summed E-state index contributed by atoms with van der Waals surface area (Å²) in [7, 11) is -3.45. The van der Waals surface area contributed by atoms with Gasteiger partial charge >= 0.3 is 51.4 Å². The van der Waals surface area contributed by atoms with E-state index < -0.39 is 16.2 Å². The van der Waals surface area contributed by atoms with Gasteiger partial charge in [0.25, 0.3) is 0 Å². The molecule has 0 radical (unpaired) electrons. The molecule has 0 unspecified atom stereocenters. The summed E-state index contributed by atoms with van der Waals surface area (Å²) in [6.45, 7) is 10.5. The molecule has 44 heavy (non-hydrogen) atoms. The maximum atomic E-state index is 13.7. The normalized spacial score (nSPS) is 11.0. The molecule has 12 heteroatoms. The summed E-state index contributed by atoms with van der Waals surface area (Å²) in [4.78, 5) is 24.6. The minimum absolute atomic E-state index is 0. The van der Waals surface area contributed by atoms with Crippen LogP contribution in [0.2, 0.25) is 0 Å². The number of ketones is 1. The number of nitrogens with zero attached hydrogens (tertiary/aromatic N) is 1. The van der Waals surface area contributed by atoms with Gasteiger partial charge in [0.05, 0.1) is 18.4 Å². The maximum absolute atomic E-state index is 13.7. The number of carbonyl (C=O) groups is 2. The van der Waals surface area contributed by atoms with Gasteiger partial charge in [0.2, 0.25) is 16.2 Å². The molecule has 2 aromatic carbocycles. The second-order valence-corrected chi connectivity index (χ2v) is 12.2. The van der Waals surface area contributed by atoms with Crippen LogP contribution in [0.4, 0.5) is 10.5 Å². The molecule has 0 aliphatic carbocycles. The molecule has 2 N–H and O–H groups in total. The SMILES string of the molecule is CCCCc1oc2ccc(NS(C)(=O)=O)cc2c1C(=O)c1ccc(OCCCN(CCCC)CCCC)cc1.O=C([O-])O.[K+]. The van der Waals surface area contributed by atoms with E-state index in [0.29, 0.717) is 46.6 Å². The van der Waals surface area contributed by atoms with Crippen molar-refractivity contribution in [1.29, 1.82) is 0 Å². The minimum atomic E-state index is -3.45. The second kappa shape index (κ2) is 21.0. The Kier molecular flexibility index (Phi) is 19.1. The van der Waals surface area contributed by atoms with Crippen LogP contribution in [0.5, 0.6) is 5.75 Å². The predicted molar refractivity (Wildman–Crippen MR) is 168 cm³/mol. The molecule has 0 atom stereocenters. The van der Waals surface area contributed by atoms with Gasteiger partial charge in [0.15, 0.2) is 5.78 Å². The first-order valence-corrected chi connectivity index (χ1v) is 16.8. The molecule has 0 aliphatic heterocycles. The van der Waals surface area contributed by atoms with Gasteiger partial charge in [0.1, 0.15) is 17.1 Å². The Morgan fingerprint density at radius 3 is 2.05 bits per heavy atom. The van der Waals surface area contributed by atoms with Crippen molar-refractivity contribution in [2.45, 2.75) is 72.1 Å². The van der Waals surface area contributed by atoms with Gasteiger partial charge in [0, 0.05) is 29.6 Å². The number of benzene rings is 2. The Labute approximate surface area is 304 Å². The summed E-state index contributed by atoms with van der Waals surface area (Å²) in [5, 5.41) is 15.9. The number of sulfonamides is 1. The summed E-state index contributed by atoms with van der Waals surface area (Å²) < 4.78 is 38.0. The molecule has 0 saturated carbocycles. The van der Waals surface area contributed by atoms with E-state index in [4.69, 9.17) is 24.2 Å². The van der Waals surface area contributed by atoms with Crippen LogP contribution in [-0.2, 0) is 16.4 Å². The molecular formula is C32H45KN2O8S. The van der Waals surface area contributed by atoms with Gasteiger partial charge < -0.3 is 29.1 Å². The fourth-order valence-electron chi connectivity index (χ4n) is 4.61. The van der Waals surface area contributed by atoms with E-state index in [2.05, 4.69) is 30.4 Å². The average molecular weight is 657 g/mol. The number of anilines is 1. The third-order valence-electron chi connectivity index (χ3n) is 6.71. The fourth-order valence-corrected chi connectivity index (χ4v) is 5.17. The fraction of sp³-hybridized carbons (Fsp3) is 0.500. The van der Waals surface area contributed by atoms with Crippen molar-refractivity contribution in [1.82, 2.24) is 4.90 Å². The van der Waals surface area contributed by atoms with Crippen LogP contribution >= 0.6 is 0 Å². The zero-order valence-corrected chi connectivity index (χ0v) is 30.6. The van der Waals surface area contributed by atoms with Crippen molar-refractivity contribution in [3.05, 3.63) is 59.4 Å². The van der Waals surface area contributed by atoms with E-state index in [9.17, 15) is 13.2 Å². The number of unbranched alkanes of at least 4 members (excludes halogenated alkanes) is 3. The van der Waals surface area contributed by atoms with Crippen LogP contribution in [0, 0.1) is 0 Å². The number of nitrogens with one attached hydrogen (secondary N) is 1. The molecule has 0 amide bonds. The molecular weight excluding hydrogens is 612 g/mol. The smallest absolute Gasteiger partial charge is 0.565 e. The molecule has 10 nitrogen and oxygen atoms in total. The molecule has 3 aromatic rings. The zero-order chi connectivity index (χ0) is 31.8. The van der Waals surface area contributed by atoms with Gasteiger partial charge in [-0.05, 0) is 81.2 Å². The average Bonchev–Trinajstić information content (AvgIpc) is 3.31. The van der Waals surface area contributed by atoms with Crippen LogP contribution in [-0.4, -0.2) is 62.9 Å². The van der Waals surface area contributed by atoms with Crippen LogP contribution in [0.15, 0.2) is 46.9 Å². The number of rotatable bonds is 18. The summed E-state index contributed by atoms with van der Waals surface area (Å²) in [6.07, 6.45) is 7.32. The van der Waals surface area contributed by atoms with Gasteiger partial charge in [-0.15, -0.1) is 0 Å².